The molecule has 2 N–H and O–H groups in total. The summed E-state index contributed by atoms with van der Waals surface area (Å²) >= 11 is 0. The number of hydrogen-bond acceptors (Lipinski definition) is 6. The lowest BCUT2D eigenvalue weighted by molar-refractivity contribution is -0.162. The van der Waals surface area contributed by atoms with E-state index in [-0.39, 0.29) is 50.5 Å². The van der Waals surface area contributed by atoms with E-state index in [0.717, 1.165) is 23.8 Å². The number of carbonyl (C=O) groups is 5. The fourth-order valence-electron chi connectivity index (χ4n) is 5.55. The van der Waals surface area contributed by atoms with Gasteiger partial charge in [-0.15, -0.1) is 0 Å². The third kappa shape index (κ3) is 9.93. The van der Waals surface area contributed by atoms with Crippen molar-refractivity contribution in [2.45, 2.75) is 32.1 Å². The predicted molar refractivity (Wildman–Crippen MR) is 184 cm³/mol. The Morgan fingerprint density at radius 2 is 1.46 bits per heavy atom. The van der Waals surface area contributed by atoms with E-state index >= 15 is 0 Å². The van der Waals surface area contributed by atoms with Crippen LogP contribution in [0.5, 0.6) is 11.5 Å². The van der Waals surface area contributed by atoms with E-state index < -0.39 is 41.3 Å². The van der Waals surface area contributed by atoms with Crippen LogP contribution < -0.4 is 10.1 Å². The van der Waals surface area contributed by atoms with Gasteiger partial charge in [0, 0.05) is 37.2 Å². The second-order valence-corrected chi connectivity index (χ2v) is 12.0. The van der Waals surface area contributed by atoms with E-state index in [1.54, 1.807) is 12.1 Å². The van der Waals surface area contributed by atoms with E-state index in [9.17, 15) is 42.3 Å². The monoisotopic (exact) mass is 713 g/mol. The summed E-state index contributed by atoms with van der Waals surface area (Å²) in [6.07, 6.45) is -1.80. The quantitative estimate of drug-likeness (QED) is 0.145. The van der Waals surface area contributed by atoms with Gasteiger partial charge in [-0.25, -0.2) is 4.79 Å². The van der Waals surface area contributed by atoms with Crippen molar-refractivity contribution >= 4 is 35.7 Å². The van der Waals surface area contributed by atoms with Crippen LogP contribution in [0.3, 0.4) is 0 Å². The van der Waals surface area contributed by atoms with E-state index in [4.69, 9.17) is 4.74 Å². The minimum atomic E-state index is -4.52. The van der Waals surface area contributed by atoms with Crippen LogP contribution >= 0.6 is 0 Å². The Labute approximate surface area is 297 Å². The molecule has 13 heteroatoms. The molecule has 10 nitrogen and oxygen atoms in total. The summed E-state index contributed by atoms with van der Waals surface area (Å²) in [4.78, 5) is 65.3. The van der Waals surface area contributed by atoms with Crippen molar-refractivity contribution < 1.29 is 47.0 Å². The van der Waals surface area contributed by atoms with Crippen molar-refractivity contribution in [1.82, 2.24) is 15.1 Å². The van der Waals surface area contributed by atoms with Gasteiger partial charge >= 0.3 is 18.1 Å². The molecule has 4 amide bonds. The Balaban J connectivity index is 1.13. The topological polar surface area (TPSA) is 133 Å². The van der Waals surface area contributed by atoms with Crippen LogP contribution in [0, 0.1) is 5.92 Å². The molecule has 0 aliphatic carbocycles. The minimum absolute atomic E-state index is 0.118. The Bertz CT molecular complexity index is 1940. The number of hydrogen-bond donors (Lipinski definition) is 2. The molecule has 0 unspecified atom stereocenters. The fourth-order valence-corrected chi connectivity index (χ4v) is 5.55. The molecular weight excluding hydrogens is 679 g/mol. The Morgan fingerprint density at radius 3 is 2.10 bits per heavy atom. The first-order chi connectivity index (χ1) is 24.9. The number of carbonyl (C=O) groups excluding carboxylic acids is 4. The number of carboxylic acids is 1. The molecule has 1 heterocycles. The molecule has 0 atom stereocenters. The maximum absolute atomic E-state index is 13.4. The fraction of sp³-hybridized carbons (Fsp3) is 0.205. The van der Waals surface area contributed by atoms with E-state index in [1.165, 1.54) is 47.4 Å². The highest BCUT2D eigenvalue weighted by molar-refractivity contribution is 6.34. The average Bonchev–Trinajstić information content (AvgIpc) is 3.15. The first kappa shape index (κ1) is 37.0. The van der Waals surface area contributed by atoms with Gasteiger partial charge in [0.2, 0.25) is 11.8 Å². The van der Waals surface area contributed by atoms with Gasteiger partial charge in [-0.3, -0.25) is 24.1 Å². The van der Waals surface area contributed by atoms with Crippen molar-refractivity contribution in [1.29, 1.82) is 0 Å². The van der Waals surface area contributed by atoms with Gasteiger partial charge in [0.05, 0.1) is 12.1 Å². The number of halogens is 3. The van der Waals surface area contributed by atoms with Gasteiger partial charge in [-0.1, -0.05) is 54.6 Å². The summed E-state index contributed by atoms with van der Waals surface area (Å²) in [6.45, 7) is 0.139. The Kier molecular flexibility index (Phi) is 11.9. The normalized spacial score (nSPS) is 13.4. The van der Waals surface area contributed by atoms with Crippen molar-refractivity contribution in [2.75, 3.05) is 13.1 Å². The Morgan fingerprint density at radius 1 is 0.827 bits per heavy atom. The van der Waals surface area contributed by atoms with Crippen LogP contribution in [0.2, 0.25) is 0 Å². The van der Waals surface area contributed by atoms with Gasteiger partial charge in [-0.05, 0) is 84.1 Å². The summed E-state index contributed by atoms with van der Waals surface area (Å²) in [5.74, 6) is -4.15. The molecule has 4 aromatic rings. The standard InChI is InChI=1S/C39H34F3N3O7/c40-39(41,42)31-6-4-5-26(23-31)13-18-34(46)44-21-19-30(20-22-44)36(48)45(37(49)38(50)51)25-28-9-14-29(15-10-28)35(47)43-24-27-11-16-33(17-12-27)52-32-7-2-1-3-8-32/h1-18,23,30H,19-22,24-25H2,(H,43,47)(H,50,51)/b18-13+. The summed E-state index contributed by atoms with van der Waals surface area (Å²) in [7, 11) is 0. The molecule has 1 fully saturated rings. The molecule has 0 spiro atoms. The number of rotatable bonds is 10. The van der Waals surface area contributed by atoms with E-state index in [2.05, 4.69) is 5.32 Å². The second kappa shape index (κ2) is 16.6. The number of alkyl halides is 3. The molecule has 0 bridgehead atoms. The van der Waals surface area contributed by atoms with Crippen molar-refractivity contribution in [3.63, 3.8) is 0 Å². The second-order valence-electron chi connectivity index (χ2n) is 12.0. The molecule has 1 aliphatic rings. The maximum atomic E-state index is 13.4. The number of likely N-dealkylation sites (tertiary alicyclic amines) is 1. The highest BCUT2D eigenvalue weighted by atomic mass is 19.4. The Hall–Kier alpha value is -6.24. The van der Waals surface area contributed by atoms with Crippen molar-refractivity contribution in [2.24, 2.45) is 5.92 Å². The number of aliphatic carboxylic acids is 1. The SMILES string of the molecule is O=C(O)C(=O)N(Cc1ccc(C(=O)NCc2ccc(Oc3ccccc3)cc2)cc1)C(=O)C1CCN(C(=O)/C=C/c2cccc(C(F)(F)F)c2)CC1. The molecule has 0 aromatic heterocycles. The van der Waals surface area contributed by atoms with Crippen LogP contribution in [-0.4, -0.2) is 57.6 Å². The maximum Gasteiger partial charge on any atom is 0.416 e. The smallest absolute Gasteiger partial charge is 0.416 e. The lowest BCUT2D eigenvalue weighted by Crippen LogP contribution is -2.47. The zero-order chi connectivity index (χ0) is 37.3. The molecular formula is C39H34F3N3O7. The summed E-state index contributed by atoms with van der Waals surface area (Å²) in [5, 5.41) is 12.3. The number of piperidine rings is 1. The molecule has 0 radical (unpaired) electrons. The number of ether oxygens (including phenoxy) is 1. The molecule has 0 saturated carbocycles. The highest BCUT2D eigenvalue weighted by Crippen LogP contribution is 2.30. The van der Waals surface area contributed by atoms with Crippen LogP contribution in [0.25, 0.3) is 6.08 Å². The summed E-state index contributed by atoms with van der Waals surface area (Å²) in [6, 6.07) is 27.2. The molecule has 5 rings (SSSR count). The van der Waals surface area contributed by atoms with E-state index in [0.29, 0.717) is 27.5 Å². The van der Waals surface area contributed by atoms with Gasteiger partial charge in [0.25, 0.3) is 5.91 Å². The largest absolute Gasteiger partial charge is 0.474 e. The molecule has 268 valence electrons. The third-order valence-corrected chi connectivity index (χ3v) is 8.39. The van der Waals surface area contributed by atoms with Gasteiger partial charge in [0.15, 0.2) is 0 Å². The van der Waals surface area contributed by atoms with Crippen molar-refractivity contribution in [3.8, 4) is 11.5 Å². The van der Waals surface area contributed by atoms with Crippen LogP contribution in [-0.2, 0) is 38.4 Å². The third-order valence-electron chi connectivity index (χ3n) is 8.39. The number of para-hydroxylation sites is 1. The number of amides is 4. The summed E-state index contributed by atoms with van der Waals surface area (Å²) < 4.78 is 44.8. The van der Waals surface area contributed by atoms with Gasteiger partial charge < -0.3 is 20.1 Å². The molecule has 1 saturated heterocycles. The van der Waals surface area contributed by atoms with Crippen LogP contribution in [0.1, 0.15) is 45.5 Å². The predicted octanol–water partition coefficient (Wildman–Crippen LogP) is 6.32. The lowest BCUT2D eigenvalue weighted by atomic mass is 9.94. The zero-order valence-corrected chi connectivity index (χ0v) is 27.7. The zero-order valence-electron chi connectivity index (χ0n) is 27.7. The highest BCUT2D eigenvalue weighted by Gasteiger charge is 2.35. The van der Waals surface area contributed by atoms with Gasteiger partial charge in [0.1, 0.15) is 11.5 Å². The van der Waals surface area contributed by atoms with E-state index in [1.807, 2.05) is 42.5 Å². The van der Waals surface area contributed by atoms with Crippen molar-refractivity contribution in [3.05, 3.63) is 137 Å². The number of nitrogens with one attached hydrogen (secondary N) is 1. The number of benzene rings is 4. The van der Waals surface area contributed by atoms with Crippen LogP contribution in [0.15, 0.2) is 109 Å². The molecule has 4 aromatic carbocycles. The first-order valence-electron chi connectivity index (χ1n) is 16.3. The average molecular weight is 714 g/mol. The van der Waals surface area contributed by atoms with Gasteiger partial charge in [-0.2, -0.15) is 13.2 Å². The lowest BCUT2D eigenvalue weighted by Gasteiger charge is -2.33. The van der Waals surface area contributed by atoms with Crippen LogP contribution in [0.4, 0.5) is 13.2 Å². The molecule has 52 heavy (non-hydrogen) atoms. The minimum Gasteiger partial charge on any atom is -0.474 e. The first-order valence-corrected chi connectivity index (χ1v) is 16.3. The number of imide groups is 1. The molecule has 1 aliphatic heterocycles. The number of carboxylic acid groups (broad SMARTS) is 1. The number of nitrogens with zero attached hydrogens (tertiary/aromatic N) is 2. The summed E-state index contributed by atoms with van der Waals surface area (Å²) in [5.41, 5.74) is 0.928.